The molecule has 0 unspecified atom stereocenters. The minimum atomic E-state index is -2.46. The van der Waals surface area contributed by atoms with Crippen molar-refractivity contribution in [3.8, 4) is 0 Å². The molecule has 0 aliphatic heterocycles. The summed E-state index contributed by atoms with van der Waals surface area (Å²) in [5, 5.41) is 2.70. The molecule has 35 heavy (non-hydrogen) atoms. The number of carbonyl (C=O) groups is 1. The van der Waals surface area contributed by atoms with Crippen LogP contribution in [0, 0.1) is 17.3 Å². The zero-order chi connectivity index (χ0) is 25.9. The summed E-state index contributed by atoms with van der Waals surface area (Å²) in [6, 6.07) is 21.8. The van der Waals surface area contributed by atoms with Crippen molar-refractivity contribution >= 4 is 24.7 Å². The van der Waals surface area contributed by atoms with Gasteiger partial charge in [0.25, 0.3) is 8.32 Å². The van der Waals surface area contributed by atoms with Crippen LogP contribution in [0.1, 0.15) is 81.1 Å². The first kappa shape index (κ1) is 27.7. The van der Waals surface area contributed by atoms with Crippen LogP contribution in [-0.2, 0) is 14.0 Å². The molecule has 0 bridgehead atoms. The van der Waals surface area contributed by atoms with Crippen LogP contribution in [0.5, 0.6) is 0 Å². The van der Waals surface area contributed by atoms with Gasteiger partial charge < -0.3 is 9.16 Å². The molecule has 3 rings (SSSR count). The molecule has 0 radical (unpaired) electrons. The van der Waals surface area contributed by atoms with Crippen LogP contribution in [-0.4, -0.2) is 26.5 Å². The molecule has 0 heterocycles. The third kappa shape index (κ3) is 6.86. The Labute approximate surface area is 214 Å². The van der Waals surface area contributed by atoms with Gasteiger partial charge in [-0.2, -0.15) is 0 Å². The highest BCUT2D eigenvalue weighted by molar-refractivity contribution is 6.99. The number of benzene rings is 2. The largest absolute Gasteiger partial charge is 0.460 e. The maximum Gasteiger partial charge on any atom is 0.312 e. The van der Waals surface area contributed by atoms with E-state index in [0.29, 0.717) is 11.8 Å². The number of carbonyl (C=O) groups excluding carboxylic acids is 1. The minimum absolute atomic E-state index is 0.0114. The molecule has 0 saturated heterocycles. The zero-order valence-electron chi connectivity index (χ0n) is 23.2. The third-order valence-electron chi connectivity index (χ3n) is 7.33. The first-order valence-corrected chi connectivity index (χ1v) is 15.2. The van der Waals surface area contributed by atoms with Gasteiger partial charge in [-0.25, -0.2) is 0 Å². The van der Waals surface area contributed by atoms with Gasteiger partial charge in [0.1, 0.15) is 5.60 Å². The summed E-state index contributed by atoms with van der Waals surface area (Å²) in [6.07, 6.45) is 4.29. The molecule has 2 aromatic rings. The third-order valence-corrected chi connectivity index (χ3v) is 12.3. The topological polar surface area (TPSA) is 35.5 Å². The average molecular weight is 495 g/mol. The van der Waals surface area contributed by atoms with Gasteiger partial charge in [-0.05, 0) is 74.7 Å². The Kier molecular flexibility index (Phi) is 8.38. The van der Waals surface area contributed by atoms with Gasteiger partial charge >= 0.3 is 5.97 Å². The molecular formula is C31H46O3Si. The van der Waals surface area contributed by atoms with Crippen molar-refractivity contribution in [1.82, 2.24) is 0 Å². The van der Waals surface area contributed by atoms with Crippen molar-refractivity contribution in [3.05, 3.63) is 60.7 Å². The number of hydrogen-bond acceptors (Lipinski definition) is 3. The fraction of sp³-hybridized carbons (Fsp3) is 0.581. The van der Waals surface area contributed by atoms with E-state index in [0.717, 1.165) is 25.9 Å². The molecule has 1 fully saturated rings. The van der Waals surface area contributed by atoms with E-state index in [4.69, 9.17) is 9.16 Å². The lowest BCUT2D eigenvalue weighted by molar-refractivity contribution is -0.166. The lowest BCUT2D eigenvalue weighted by atomic mass is 9.86. The number of rotatable bonds is 10. The van der Waals surface area contributed by atoms with Gasteiger partial charge in [0.2, 0.25) is 0 Å². The molecule has 192 valence electrons. The normalized spacial score (nSPS) is 18.9. The SMILES string of the molecule is CC(C)(C)OC(=O)C(C)(C)CCC[C@@H]1C[C@H]1CO[Si](c1ccccc1)(c1ccccc1)C(C)(C)C. The summed E-state index contributed by atoms with van der Waals surface area (Å²) in [5.74, 6) is 1.22. The van der Waals surface area contributed by atoms with E-state index in [1.54, 1.807) is 0 Å². The van der Waals surface area contributed by atoms with Crippen LogP contribution in [0.25, 0.3) is 0 Å². The smallest absolute Gasteiger partial charge is 0.312 e. The summed E-state index contributed by atoms with van der Waals surface area (Å²) in [7, 11) is -2.46. The van der Waals surface area contributed by atoms with E-state index in [1.165, 1.54) is 16.8 Å². The van der Waals surface area contributed by atoms with Crippen LogP contribution in [0.4, 0.5) is 0 Å². The van der Waals surface area contributed by atoms with E-state index < -0.39 is 19.3 Å². The van der Waals surface area contributed by atoms with Gasteiger partial charge in [-0.3, -0.25) is 4.79 Å². The van der Waals surface area contributed by atoms with Gasteiger partial charge in [-0.15, -0.1) is 0 Å². The zero-order valence-corrected chi connectivity index (χ0v) is 24.2. The van der Waals surface area contributed by atoms with Crippen LogP contribution in [0.15, 0.2) is 60.7 Å². The molecule has 1 saturated carbocycles. The first-order valence-electron chi connectivity index (χ1n) is 13.2. The fourth-order valence-corrected chi connectivity index (χ4v) is 9.81. The summed E-state index contributed by atoms with van der Waals surface area (Å²) >= 11 is 0. The molecule has 0 aromatic heterocycles. The first-order chi connectivity index (χ1) is 16.3. The van der Waals surface area contributed by atoms with E-state index in [2.05, 4.69) is 81.4 Å². The second-order valence-electron chi connectivity index (χ2n) is 13.0. The summed E-state index contributed by atoms with van der Waals surface area (Å²) in [5.41, 5.74) is -0.878. The molecular weight excluding hydrogens is 448 g/mol. The Morgan fingerprint density at radius 2 is 1.34 bits per heavy atom. The van der Waals surface area contributed by atoms with Gasteiger partial charge in [0, 0.05) is 6.61 Å². The standard InChI is InChI=1S/C31H46O3Si/c1-29(2,3)34-28(32)31(7,8)21-15-16-24-22-25(24)23-33-35(30(4,5)6,26-17-11-9-12-18-26)27-19-13-10-14-20-27/h9-14,17-20,24-25H,15-16,21-23H2,1-8H3/t24-,25+/m1/s1. The number of hydrogen-bond donors (Lipinski definition) is 0. The maximum atomic E-state index is 12.6. The Bertz CT molecular complexity index is 915. The molecule has 0 spiro atoms. The number of ether oxygens (including phenoxy) is 1. The van der Waals surface area contributed by atoms with Crippen molar-refractivity contribution in [2.75, 3.05) is 6.61 Å². The second-order valence-corrected chi connectivity index (χ2v) is 17.3. The van der Waals surface area contributed by atoms with Crippen LogP contribution >= 0.6 is 0 Å². The van der Waals surface area contributed by atoms with Crippen molar-refractivity contribution < 1.29 is 14.0 Å². The summed E-state index contributed by atoms with van der Waals surface area (Å²) in [4.78, 5) is 12.6. The highest BCUT2D eigenvalue weighted by Gasteiger charge is 2.51. The van der Waals surface area contributed by atoms with Crippen molar-refractivity contribution in [1.29, 1.82) is 0 Å². The number of esters is 1. The maximum absolute atomic E-state index is 12.6. The minimum Gasteiger partial charge on any atom is -0.460 e. The van der Waals surface area contributed by atoms with Crippen molar-refractivity contribution in [3.63, 3.8) is 0 Å². The molecule has 4 heteroatoms. The lowest BCUT2D eigenvalue weighted by Crippen LogP contribution is -2.66. The molecule has 3 nitrogen and oxygen atoms in total. The fourth-order valence-electron chi connectivity index (χ4n) is 5.19. The predicted molar refractivity (Wildman–Crippen MR) is 149 cm³/mol. The van der Waals surface area contributed by atoms with E-state index in [1.807, 2.05) is 34.6 Å². The van der Waals surface area contributed by atoms with Crippen LogP contribution in [0.2, 0.25) is 5.04 Å². The Morgan fingerprint density at radius 3 is 1.80 bits per heavy atom. The molecule has 2 aromatic carbocycles. The van der Waals surface area contributed by atoms with E-state index >= 15 is 0 Å². The van der Waals surface area contributed by atoms with Crippen molar-refractivity contribution in [2.24, 2.45) is 17.3 Å². The Balaban J connectivity index is 1.64. The van der Waals surface area contributed by atoms with E-state index in [9.17, 15) is 4.79 Å². The van der Waals surface area contributed by atoms with Crippen molar-refractivity contribution in [2.45, 2.75) is 91.7 Å². The van der Waals surface area contributed by atoms with Gasteiger partial charge in [0.15, 0.2) is 0 Å². The van der Waals surface area contributed by atoms with Gasteiger partial charge in [0.05, 0.1) is 5.41 Å². The van der Waals surface area contributed by atoms with Crippen LogP contribution in [0.3, 0.4) is 0 Å². The predicted octanol–water partition coefficient (Wildman–Crippen LogP) is 6.74. The molecule has 0 N–H and O–H groups in total. The molecule has 0 amide bonds. The highest BCUT2D eigenvalue weighted by Crippen LogP contribution is 2.45. The average Bonchev–Trinajstić information content (AvgIpc) is 3.51. The molecule has 2 atom stereocenters. The molecule has 1 aliphatic carbocycles. The Morgan fingerprint density at radius 1 is 0.829 bits per heavy atom. The monoisotopic (exact) mass is 494 g/mol. The van der Waals surface area contributed by atoms with E-state index in [-0.39, 0.29) is 11.0 Å². The summed E-state index contributed by atoms with van der Waals surface area (Å²) in [6.45, 7) is 17.6. The van der Waals surface area contributed by atoms with Crippen LogP contribution < -0.4 is 10.4 Å². The quantitative estimate of drug-likeness (QED) is 0.271. The van der Waals surface area contributed by atoms with Gasteiger partial charge in [-0.1, -0.05) is 94.3 Å². The second kappa shape index (κ2) is 10.6. The summed E-state index contributed by atoms with van der Waals surface area (Å²) < 4.78 is 12.8. The molecule has 1 aliphatic rings. The Hall–Kier alpha value is -1.91. The highest BCUT2D eigenvalue weighted by atomic mass is 28.4. The lowest BCUT2D eigenvalue weighted by Gasteiger charge is -2.43.